The molecule has 8 heteroatoms. The van der Waals surface area contributed by atoms with Gasteiger partial charge in [0.2, 0.25) is 5.91 Å². The number of nitrogens with zero attached hydrogens (tertiary/aromatic N) is 2. The van der Waals surface area contributed by atoms with E-state index >= 15 is 0 Å². The van der Waals surface area contributed by atoms with E-state index in [1.165, 1.54) is 0 Å². The van der Waals surface area contributed by atoms with Crippen LogP contribution in [0.5, 0.6) is 0 Å². The van der Waals surface area contributed by atoms with Gasteiger partial charge in [-0.05, 0) is 31.2 Å². The topological polar surface area (TPSA) is 88.1 Å². The second kappa shape index (κ2) is 5.53. The van der Waals surface area contributed by atoms with Crippen molar-refractivity contribution >= 4 is 45.1 Å². The third kappa shape index (κ3) is 2.19. The predicted octanol–water partition coefficient (Wildman–Crippen LogP) is 0.829. The summed E-state index contributed by atoms with van der Waals surface area (Å²) in [5.74, 6) is -2.52. The van der Waals surface area contributed by atoms with Crippen LogP contribution >= 0.6 is 15.9 Å². The molecule has 3 rings (SSSR count). The number of halogens is 1. The third-order valence-electron chi connectivity index (χ3n) is 3.49. The molecule has 0 aromatic heterocycles. The lowest BCUT2D eigenvalue weighted by Gasteiger charge is -2.15. The summed E-state index contributed by atoms with van der Waals surface area (Å²) in [6.07, 6.45) is 0. The Kier molecular flexibility index (Phi) is 3.69. The van der Waals surface area contributed by atoms with Crippen LogP contribution in [0.4, 0.5) is 5.69 Å². The maximum absolute atomic E-state index is 12.6. The Morgan fingerprint density at radius 3 is 2.64 bits per heavy atom. The second-order valence-electron chi connectivity index (χ2n) is 4.79. The summed E-state index contributed by atoms with van der Waals surface area (Å²) >= 11 is 3.30. The molecule has 1 aromatic rings. The Morgan fingerprint density at radius 1 is 1.32 bits per heavy atom. The Bertz CT molecular complexity index is 686. The quantitative estimate of drug-likeness (QED) is 0.633. The highest BCUT2D eigenvalue weighted by molar-refractivity contribution is 9.10. The fraction of sp³-hybridized carbons (Fsp3) is 0.286. The maximum atomic E-state index is 12.6. The van der Waals surface area contributed by atoms with E-state index in [4.69, 9.17) is 4.74 Å². The summed E-state index contributed by atoms with van der Waals surface area (Å²) in [6.45, 7) is 1.84. The molecule has 0 spiro atoms. The number of rotatable bonds is 3. The van der Waals surface area contributed by atoms with Gasteiger partial charge in [0.05, 0.1) is 12.3 Å². The average Bonchev–Trinajstić information content (AvgIpc) is 3.03. The molecule has 1 N–H and O–H groups in total. The van der Waals surface area contributed by atoms with Crippen LogP contribution in [0.25, 0.3) is 0 Å². The Morgan fingerprint density at radius 2 is 2.00 bits per heavy atom. The standard InChI is InChI=1S/C14H12BrN3O4/c1-2-22-14(21)11-9-10(16-17-11)13(20)18(12(9)19)8-5-3-7(15)4-6-8/h3-6,9-10,16H,2H2,1H3/t9-,10+/m1/s1. The zero-order chi connectivity index (χ0) is 15.9. The van der Waals surface area contributed by atoms with Gasteiger partial charge in [-0.2, -0.15) is 5.10 Å². The monoisotopic (exact) mass is 365 g/mol. The summed E-state index contributed by atoms with van der Waals surface area (Å²) in [4.78, 5) is 37.9. The molecule has 2 amide bonds. The maximum Gasteiger partial charge on any atom is 0.355 e. The Labute approximate surface area is 134 Å². The van der Waals surface area contributed by atoms with Gasteiger partial charge >= 0.3 is 5.97 Å². The normalized spacial score (nSPS) is 23.2. The number of anilines is 1. The van der Waals surface area contributed by atoms with Crippen LogP contribution < -0.4 is 10.3 Å². The molecular formula is C14H12BrN3O4. The number of hydrogen-bond acceptors (Lipinski definition) is 6. The fourth-order valence-electron chi connectivity index (χ4n) is 2.51. The van der Waals surface area contributed by atoms with Crippen LogP contribution in [-0.2, 0) is 19.1 Å². The molecule has 2 aliphatic heterocycles. The second-order valence-corrected chi connectivity index (χ2v) is 5.71. The number of benzene rings is 1. The first kappa shape index (κ1) is 14.7. The summed E-state index contributed by atoms with van der Waals surface area (Å²) in [5.41, 5.74) is 2.97. The zero-order valence-corrected chi connectivity index (χ0v) is 13.2. The van der Waals surface area contributed by atoms with Crippen molar-refractivity contribution in [3.8, 4) is 0 Å². The molecule has 1 fully saturated rings. The number of hydrazone groups is 1. The molecule has 0 unspecified atom stereocenters. The molecule has 0 bridgehead atoms. The van der Waals surface area contributed by atoms with Crippen LogP contribution in [0.1, 0.15) is 6.92 Å². The number of nitrogens with one attached hydrogen (secondary N) is 1. The largest absolute Gasteiger partial charge is 0.461 e. The molecule has 22 heavy (non-hydrogen) atoms. The number of carbonyl (C=O) groups excluding carboxylic acids is 3. The van der Waals surface area contributed by atoms with E-state index in [0.717, 1.165) is 9.37 Å². The Hall–Kier alpha value is -2.22. The molecule has 2 aliphatic rings. The number of amides is 2. The van der Waals surface area contributed by atoms with Crippen molar-refractivity contribution in [2.24, 2.45) is 11.0 Å². The first-order valence-electron chi connectivity index (χ1n) is 6.68. The SMILES string of the molecule is CCOC(=O)C1=NN[C@@H]2C(=O)N(c3ccc(Br)cc3)C(=O)[C@@H]12. The van der Waals surface area contributed by atoms with Crippen LogP contribution in [-0.4, -0.2) is 36.1 Å². The van der Waals surface area contributed by atoms with Crippen LogP contribution in [0.2, 0.25) is 0 Å². The predicted molar refractivity (Wildman–Crippen MR) is 81.1 cm³/mol. The summed E-state index contributed by atoms with van der Waals surface area (Å²) in [5, 5.41) is 3.80. The van der Waals surface area contributed by atoms with Gasteiger partial charge in [0, 0.05) is 4.47 Å². The van der Waals surface area contributed by atoms with E-state index in [0.29, 0.717) is 5.69 Å². The van der Waals surface area contributed by atoms with E-state index in [9.17, 15) is 14.4 Å². The van der Waals surface area contributed by atoms with Crippen molar-refractivity contribution in [1.82, 2.24) is 5.43 Å². The lowest BCUT2D eigenvalue weighted by atomic mass is 9.99. The van der Waals surface area contributed by atoms with Gasteiger partial charge in [-0.1, -0.05) is 15.9 Å². The first-order chi connectivity index (χ1) is 10.5. The van der Waals surface area contributed by atoms with Gasteiger partial charge in [0.15, 0.2) is 5.71 Å². The van der Waals surface area contributed by atoms with Crippen molar-refractivity contribution in [3.63, 3.8) is 0 Å². The molecule has 114 valence electrons. The van der Waals surface area contributed by atoms with Gasteiger partial charge in [-0.25, -0.2) is 9.69 Å². The lowest BCUT2D eigenvalue weighted by molar-refractivity contribution is -0.136. The summed E-state index contributed by atoms with van der Waals surface area (Å²) in [6, 6.07) is 5.93. The average molecular weight is 366 g/mol. The van der Waals surface area contributed by atoms with Crippen molar-refractivity contribution in [2.45, 2.75) is 13.0 Å². The molecule has 2 heterocycles. The molecule has 7 nitrogen and oxygen atoms in total. The smallest absolute Gasteiger partial charge is 0.355 e. The van der Waals surface area contributed by atoms with Gasteiger partial charge in [0.1, 0.15) is 12.0 Å². The highest BCUT2D eigenvalue weighted by Gasteiger charge is 2.55. The number of fused-ring (bicyclic) bond motifs is 1. The highest BCUT2D eigenvalue weighted by Crippen LogP contribution is 2.31. The molecule has 2 atom stereocenters. The van der Waals surface area contributed by atoms with E-state index in [1.54, 1.807) is 31.2 Å². The minimum Gasteiger partial charge on any atom is -0.461 e. The van der Waals surface area contributed by atoms with Crippen LogP contribution in [0, 0.1) is 5.92 Å². The molecule has 1 saturated heterocycles. The zero-order valence-electron chi connectivity index (χ0n) is 11.6. The number of esters is 1. The molecule has 0 saturated carbocycles. The minimum absolute atomic E-state index is 0.0511. The van der Waals surface area contributed by atoms with Gasteiger partial charge in [0.25, 0.3) is 5.91 Å². The van der Waals surface area contributed by atoms with E-state index in [2.05, 4.69) is 26.5 Å². The molecule has 0 aliphatic carbocycles. The fourth-order valence-corrected chi connectivity index (χ4v) is 2.77. The van der Waals surface area contributed by atoms with Crippen LogP contribution in [0.15, 0.2) is 33.8 Å². The highest BCUT2D eigenvalue weighted by atomic mass is 79.9. The van der Waals surface area contributed by atoms with Crippen molar-refractivity contribution < 1.29 is 19.1 Å². The number of carbonyl (C=O) groups is 3. The van der Waals surface area contributed by atoms with Gasteiger partial charge in [-0.3, -0.25) is 15.0 Å². The van der Waals surface area contributed by atoms with Gasteiger partial charge in [-0.15, -0.1) is 0 Å². The molecular weight excluding hydrogens is 354 g/mol. The van der Waals surface area contributed by atoms with Crippen LogP contribution in [0.3, 0.4) is 0 Å². The van der Waals surface area contributed by atoms with Crippen molar-refractivity contribution in [1.29, 1.82) is 0 Å². The lowest BCUT2D eigenvalue weighted by Crippen LogP contribution is -2.36. The Balaban J connectivity index is 1.91. The number of hydrogen-bond donors (Lipinski definition) is 1. The molecule has 0 radical (unpaired) electrons. The summed E-state index contributed by atoms with van der Waals surface area (Å²) in [7, 11) is 0. The van der Waals surface area contributed by atoms with E-state index in [-0.39, 0.29) is 12.3 Å². The van der Waals surface area contributed by atoms with Crippen molar-refractivity contribution in [3.05, 3.63) is 28.7 Å². The minimum atomic E-state index is -0.935. The van der Waals surface area contributed by atoms with E-state index < -0.39 is 29.7 Å². The van der Waals surface area contributed by atoms with E-state index in [1.807, 2.05) is 0 Å². The summed E-state index contributed by atoms with van der Waals surface area (Å²) < 4.78 is 5.71. The number of imide groups is 1. The third-order valence-corrected chi connectivity index (χ3v) is 4.02. The number of ether oxygens (including phenoxy) is 1. The molecule has 1 aromatic carbocycles. The van der Waals surface area contributed by atoms with Crippen molar-refractivity contribution in [2.75, 3.05) is 11.5 Å². The van der Waals surface area contributed by atoms with Gasteiger partial charge < -0.3 is 4.74 Å². The first-order valence-corrected chi connectivity index (χ1v) is 7.47.